The Morgan fingerprint density at radius 3 is 2.67 bits per heavy atom. The number of likely N-dealkylation sites (tertiary alicyclic amines) is 1. The first-order valence-electron chi connectivity index (χ1n) is 12.1. The number of hydrogen-bond donors (Lipinski definition) is 0. The Bertz CT molecular complexity index is 884. The molecule has 3 spiro atoms. The molecule has 7 rings (SSSR count). The van der Waals surface area contributed by atoms with Crippen molar-refractivity contribution in [1.29, 1.82) is 0 Å². The van der Waals surface area contributed by atoms with Crippen LogP contribution in [-0.4, -0.2) is 50.1 Å². The minimum Gasteiger partial charge on any atom is -0.497 e. The summed E-state index contributed by atoms with van der Waals surface area (Å²) < 4.78 is 18.1. The van der Waals surface area contributed by atoms with Gasteiger partial charge in [0.1, 0.15) is 5.75 Å². The molecule has 2 bridgehead atoms. The quantitative estimate of drug-likeness (QED) is 0.690. The van der Waals surface area contributed by atoms with Crippen molar-refractivity contribution in [3.63, 3.8) is 0 Å². The fourth-order valence-electron chi connectivity index (χ4n) is 7.51. The third kappa shape index (κ3) is 2.50. The molecule has 2 saturated carbocycles. The van der Waals surface area contributed by atoms with Crippen molar-refractivity contribution in [2.75, 3.05) is 33.4 Å². The van der Waals surface area contributed by atoms with Crippen LogP contribution >= 0.6 is 0 Å². The third-order valence-corrected chi connectivity index (χ3v) is 8.55. The topological polar surface area (TPSA) is 30.9 Å². The van der Waals surface area contributed by atoms with Gasteiger partial charge in [0, 0.05) is 42.8 Å². The summed E-state index contributed by atoms with van der Waals surface area (Å²) in [5.74, 6) is 1.52. The maximum absolute atomic E-state index is 6.23. The Morgan fingerprint density at radius 2 is 1.93 bits per heavy atom. The van der Waals surface area contributed by atoms with Gasteiger partial charge in [-0.25, -0.2) is 0 Å². The smallest absolute Gasteiger partial charge is 0.173 e. The van der Waals surface area contributed by atoms with E-state index in [0.717, 1.165) is 37.7 Å². The zero-order valence-electron chi connectivity index (χ0n) is 18.7. The van der Waals surface area contributed by atoms with Crippen LogP contribution < -0.4 is 4.74 Å². The molecule has 0 aromatic heterocycles. The van der Waals surface area contributed by atoms with Gasteiger partial charge < -0.3 is 14.2 Å². The molecule has 1 aromatic carbocycles. The van der Waals surface area contributed by atoms with E-state index in [2.05, 4.69) is 29.2 Å². The largest absolute Gasteiger partial charge is 0.497 e. The molecule has 2 aliphatic heterocycles. The van der Waals surface area contributed by atoms with Crippen LogP contribution in [0.2, 0.25) is 0 Å². The van der Waals surface area contributed by atoms with Crippen molar-refractivity contribution >= 4 is 0 Å². The van der Waals surface area contributed by atoms with Crippen LogP contribution in [0, 0.1) is 11.3 Å². The van der Waals surface area contributed by atoms with E-state index in [0.29, 0.717) is 11.5 Å². The van der Waals surface area contributed by atoms with Gasteiger partial charge in [-0.05, 0) is 60.4 Å². The monoisotopic (exact) mass is 409 g/mol. The van der Waals surface area contributed by atoms with Crippen molar-refractivity contribution in [2.45, 2.75) is 69.6 Å². The third-order valence-electron chi connectivity index (χ3n) is 8.55. The van der Waals surface area contributed by atoms with Gasteiger partial charge in [0.25, 0.3) is 0 Å². The molecule has 2 heterocycles. The van der Waals surface area contributed by atoms with Gasteiger partial charge in [-0.15, -0.1) is 0 Å². The van der Waals surface area contributed by atoms with E-state index >= 15 is 0 Å². The molecular weight excluding hydrogens is 374 g/mol. The Labute approximate surface area is 180 Å². The van der Waals surface area contributed by atoms with Crippen LogP contribution in [0.5, 0.6) is 5.75 Å². The molecule has 3 atom stereocenters. The number of hydrogen-bond acceptors (Lipinski definition) is 4. The second-order valence-corrected chi connectivity index (χ2v) is 10.2. The second kappa shape index (κ2) is 6.57. The summed E-state index contributed by atoms with van der Waals surface area (Å²) in [4.78, 5) is 2.81. The minimum absolute atomic E-state index is 0.0632. The number of nitrogens with zero attached hydrogens (tertiary/aromatic N) is 1. The van der Waals surface area contributed by atoms with Crippen molar-refractivity contribution in [3.8, 4) is 5.75 Å². The lowest BCUT2D eigenvalue weighted by molar-refractivity contribution is -0.172. The van der Waals surface area contributed by atoms with Crippen molar-refractivity contribution in [1.82, 2.24) is 4.90 Å². The molecule has 4 heteroatoms. The normalized spacial score (nSPS) is 37.3. The van der Waals surface area contributed by atoms with Gasteiger partial charge in [-0.1, -0.05) is 26.0 Å². The van der Waals surface area contributed by atoms with E-state index in [1.54, 1.807) is 12.7 Å². The van der Waals surface area contributed by atoms with Gasteiger partial charge in [-0.3, -0.25) is 4.90 Å². The van der Waals surface area contributed by atoms with Crippen LogP contribution in [0.15, 0.2) is 29.8 Å². The Balaban J connectivity index is 0.000000852. The van der Waals surface area contributed by atoms with Crippen molar-refractivity contribution in [3.05, 3.63) is 41.0 Å². The van der Waals surface area contributed by atoms with Crippen LogP contribution in [0.3, 0.4) is 0 Å². The highest BCUT2D eigenvalue weighted by Gasteiger charge is 2.71. The fourth-order valence-corrected chi connectivity index (χ4v) is 7.51. The highest BCUT2D eigenvalue weighted by Crippen LogP contribution is 2.70. The average Bonchev–Trinajstić information content (AvgIpc) is 3.44. The lowest BCUT2D eigenvalue weighted by atomic mass is 9.60. The number of ether oxygens (including phenoxy) is 3. The summed E-state index contributed by atoms with van der Waals surface area (Å²) in [7, 11) is 1.78. The van der Waals surface area contributed by atoms with E-state index in [1.807, 2.05) is 13.8 Å². The van der Waals surface area contributed by atoms with Crippen LogP contribution in [0.4, 0.5) is 0 Å². The van der Waals surface area contributed by atoms with Gasteiger partial charge in [0.2, 0.25) is 0 Å². The molecule has 1 aromatic rings. The molecule has 2 saturated heterocycles. The lowest BCUT2D eigenvalue weighted by Gasteiger charge is -2.55. The molecule has 6 aliphatic rings. The van der Waals surface area contributed by atoms with Gasteiger partial charge in [0.15, 0.2) is 5.79 Å². The van der Waals surface area contributed by atoms with Crippen molar-refractivity contribution < 1.29 is 14.2 Å². The number of rotatable bonds is 3. The highest BCUT2D eigenvalue weighted by atomic mass is 16.7. The van der Waals surface area contributed by atoms with Crippen molar-refractivity contribution in [2.24, 2.45) is 11.3 Å². The molecule has 3 unspecified atom stereocenters. The average molecular weight is 410 g/mol. The maximum atomic E-state index is 6.23. The van der Waals surface area contributed by atoms with Crippen LogP contribution in [0.1, 0.15) is 57.1 Å². The zero-order chi connectivity index (χ0) is 20.6. The zero-order valence-corrected chi connectivity index (χ0v) is 18.7. The molecule has 4 aliphatic carbocycles. The maximum Gasteiger partial charge on any atom is 0.173 e. The standard InChI is InChI=1S/C24H29NO3.C2H6/c1-26-18-5-4-17-11-22-13-23(20(17)10-18)14-24(27-8-9-28-24)7-6-19(23)21(22)25(15-22)12-16-2-3-16;1-2/h4-6,10,16,21H,2-3,7-9,11-15H2,1H3;1-2H3. The van der Waals surface area contributed by atoms with Crippen LogP contribution in [0.25, 0.3) is 0 Å². The summed E-state index contributed by atoms with van der Waals surface area (Å²) >= 11 is 0. The first-order valence-corrected chi connectivity index (χ1v) is 12.1. The molecule has 4 fully saturated rings. The summed E-state index contributed by atoms with van der Waals surface area (Å²) in [5.41, 5.74) is 5.18. The fraction of sp³-hybridized carbons (Fsp3) is 0.692. The van der Waals surface area contributed by atoms with E-state index in [4.69, 9.17) is 14.2 Å². The molecule has 162 valence electrons. The summed E-state index contributed by atoms with van der Waals surface area (Å²) in [6, 6.07) is 7.43. The number of methoxy groups -OCH3 is 1. The molecule has 0 radical (unpaired) electrons. The predicted octanol–water partition coefficient (Wildman–Crippen LogP) is 4.46. The van der Waals surface area contributed by atoms with E-state index in [9.17, 15) is 0 Å². The van der Waals surface area contributed by atoms with E-state index in [1.165, 1.54) is 49.9 Å². The molecule has 0 amide bonds. The Morgan fingerprint density at radius 1 is 1.13 bits per heavy atom. The SMILES string of the molecule is CC.COc1ccc2c(c1)C13CC4(CC=C1C1N(CC5CC5)CC1(C2)C3)OCCO4. The summed E-state index contributed by atoms with van der Waals surface area (Å²) in [5, 5.41) is 0. The first kappa shape index (κ1) is 19.3. The van der Waals surface area contributed by atoms with Gasteiger partial charge >= 0.3 is 0 Å². The van der Waals surface area contributed by atoms with Gasteiger partial charge in [0.05, 0.1) is 20.3 Å². The lowest BCUT2D eigenvalue weighted by Crippen LogP contribution is -2.63. The first-order chi connectivity index (χ1) is 14.7. The molecular formula is C26H35NO3. The molecule has 4 nitrogen and oxygen atoms in total. The number of fused-ring (bicyclic) bond motifs is 2. The van der Waals surface area contributed by atoms with Gasteiger partial charge in [-0.2, -0.15) is 0 Å². The molecule has 0 N–H and O–H groups in total. The van der Waals surface area contributed by atoms with Crippen LogP contribution in [-0.2, 0) is 21.3 Å². The van der Waals surface area contributed by atoms with E-state index in [-0.39, 0.29) is 5.41 Å². The summed E-state index contributed by atoms with van der Waals surface area (Å²) in [6.45, 7) is 8.03. The summed E-state index contributed by atoms with van der Waals surface area (Å²) in [6.07, 6.45) is 9.74. The number of benzene rings is 1. The Hall–Kier alpha value is -1.36. The van der Waals surface area contributed by atoms with E-state index < -0.39 is 5.79 Å². The highest BCUT2D eigenvalue weighted by molar-refractivity contribution is 5.58. The second-order valence-electron chi connectivity index (χ2n) is 10.2. The Kier molecular flexibility index (Phi) is 4.23. The predicted molar refractivity (Wildman–Crippen MR) is 117 cm³/mol. The minimum atomic E-state index is -0.409. The molecule has 30 heavy (non-hydrogen) atoms.